The molecule has 0 fully saturated rings. The van der Waals surface area contributed by atoms with Gasteiger partial charge in [-0.3, -0.25) is 4.79 Å². The SMILES string of the molecule is Cc1ccccc1.O=CP(c1ccccc1)c1ccccc1. The molecule has 0 saturated heterocycles. The topological polar surface area (TPSA) is 17.1 Å². The highest BCUT2D eigenvalue weighted by atomic mass is 31.1. The summed E-state index contributed by atoms with van der Waals surface area (Å²) in [6.45, 7) is 2.08. The van der Waals surface area contributed by atoms with E-state index in [1.807, 2.05) is 78.9 Å². The van der Waals surface area contributed by atoms with Crippen molar-refractivity contribution in [3.8, 4) is 0 Å². The third-order valence-corrected chi connectivity index (χ3v) is 5.03. The average Bonchev–Trinajstić information content (AvgIpc) is 2.59. The molecule has 0 aliphatic carbocycles. The summed E-state index contributed by atoms with van der Waals surface area (Å²) in [5.41, 5.74) is 1.32. The first-order valence-corrected chi connectivity index (χ1v) is 8.58. The molecule has 0 aliphatic rings. The van der Waals surface area contributed by atoms with E-state index in [0.717, 1.165) is 16.6 Å². The molecule has 0 bridgehead atoms. The number of benzene rings is 3. The van der Waals surface area contributed by atoms with Gasteiger partial charge in [0, 0.05) is 7.92 Å². The van der Waals surface area contributed by atoms with Gasteiger partial charge >= 0.3 is 0 Å². The fraction of sp³-hybridized carbons (Fsp3) is 0.0500. The molecule has 0 atom stereocenters. The minimum Gasteiger partial charge on any atom is -0.298 e. The first kappa shape index (κ1) is 16.1. The molecule has 110 valence electrons. The van der Waals surface area contributed by atoms with Crippen molar-refractivity contribution in [2.45, 2.75) is 6.92 Å². The highest BCUT2D eigenvalue weighted by Crippen LogP contribution is 2.28. The van der Waals surface area contributed by atoms with E-state index >= 15 is 0 Å². The smallest absolute Gasteiger partial charge is 0.150 e. The molecule has 0 unspecified atom stereocenters. The van der Waals surface area contributed by atoms with Crippen molar-refractivity contribution in [3.63, 3.8) is 0 Å². The van der Waals surface area contributed by atoms with E-state index in [1.165, 1.54) is 5.56 Å². The lowest BCUT2D eigenvalue weighted by Crippen LogP contribution is -2.11. The van der Waals surface area contributed by atoms with Crippen molar-refractivity contribution >= 4 is 24.6 Å². The van der Waals surface area contributed by atoms with Gasteiger partial charge in [-0.2, -0.15) is 0 Å². The van der Waals surface area contributed by atoms with Crippen LogP contribution >= 0.6 is 7.92 Å². The molecule has 0 saturated carbocycles. The lowest BCUT2D eigenvalue weighted by Gasteiger charge is -2.10. The molecule has 2 heteroatoms. The van der Waals surface area contributed by atoms with Gasteiger partial charge in [0.25, 0.3) is 0 Å². The normalized spacial score (nSPS) is 9.73. The third kappa shape index (κ3) is 4.95. The largest absolute Gasteiger partial charge is 0.298 e. The maximum atomic E-state index is 11.1. The van der Waals surface area contributed by atoms with E-state index in [9.17, 15) is 4.79 Å². The Bertz CT molecular complexity index is 626. The molecule has 0 spiro atoms. The Hall–Kier alpha value is -2.24. The van der Waals surface area contributed by atoms with Crippen LogP contribution in [-0.4, -0.2) is 6.03 Å². The van der Waals surface area contributed by atoms with Crippen LogP contribution in [0, 0.1) is 6.92 Å². The second kappa shape index (κ2) is 8.92. The predicted octanol–water partition coefficient (Wildman–Crippen LogP) is 4.30. The summed E-state index contributed by atoms with van der Waals surface area (Å²) < 4.78 is 0. The summed E-state index contributed by atoms with van der Waals surface area (Å²) in [5, 5.41) is 2.21. The quantitative estimate of drug-likeness (QED) is 0.521. The van der Waals surface area contributed by atoms with Gasteiger partial charge in [-0.15, -0.1) is 0 Å². The number of aryl methyl sites for hydroxylation is 1. The number of hydrogen-bond acceptors (Lipinski definition) is 1. The van der Waals surface area contributed by atoms with Crippen LogP contribution in [0.2, 0.25) is 0 Å². The van der Waals surface area contributed by atoms with Crippen molar-refractivity contribution in [1.29, 1.82) is 0 Å². The van der Waals surface area contributed by atoms with E-state index in [1.54, 1.807) is 0 Å². The predicted molar refractivity (Wildman–Crippen MR) is 97.0 cm³/mol. The Labute approximate surface area is 133 Å². The Morgan fingerprint density at radius 2 is 1.00 bits per heavy atom. The molecule has 0 aliphatic heterocycles. The van der Waals surface area contributed by atoms with Crippen molar-refractivity contribution < 1.29 is 4.79 Å². The summed E-state index contributed by atoms with van der Waals surface area (Å²) in [6, 6.07) is 31.2. The molecular formula is C20H19OP. The first-order valence-electron chi connectivity index (χ1n) is 7.17. The number of hydrogen-bond donors (Lipinski definition) is 0. The van der Waals surface area contributed by atoms with Gasteiger partial charge in [0.15, 0.2) is 6.03 Å². The van der Waals surface area contributed by atoms with E-state index < -0.39 is 7.92 Å². The number of rotatable bonds is 3. The monoisotopic (exact) mass is 306 g/mol. The fourth-order valence-electron chi connectivity index (χ4n) is 1.98. The Kier molecular flexibility index (Phi) is 6.54. The summed E-state index contributed by atoms with van der Waals surface area (Å²) in [4.78, 5) is 11.1. The highest BCUT2D eigenvalue weighted by molar-refractivity contribution is 7.85. The Morgan fingerprint density at radius 3 is 1.27 bits per heavy atom. The van der Waals surface area contributed by atoms with Crippen molar-refractivity contribution in [3.05, 3.63) is 96.6 Å². The van der Waals surface area contributed by atoms with Crippen LogP contribution in [0.4, 0.5) is 0 Å². The lowest BCUT2D eigenvalue weighted by atomic mass is 10.2. The van der Waals surface area contributed by atoms with Gasteiger partial charge in [0.2, 0.25) is 0 Å². The summed E-state index contributed by atoms with van der Waals surface area (Å²) >= 11 is 0. The molecule has 3 aromatic rings. The van der Waals surface area contributed by atoms with Crippen molar-refractivity contribution in [2.24, 2.45) is 0 Å². The molecule has 1 nitrogen and oxygen atoms in total. The zero-order valence-electron chi connectivity index (χ0n) is 12.6. The maximum absolute atomic E-state index is 11.1. The Balaban J connectivity index is 0.000000211. The number of carbonyl (C=O) groups is 1. The van der Waals surface area contributed by atoms with Gasteiger partial charge in [0.05, 0.1) is 0 Å². The second-order valence-electron chi connectivity index (χ2n) is 4.80. The molecule has 3 rings (SSSR count). The summed E-state index contributed by atoms with van der Waals surface area (Å²) in [6.07, 6.45) is 0. The van der Waals surface area contributed by atoms with Crippen LogP contribution in [0.25, 0.3) is 0 Å². The van der Waals surface area contributed by atoms with Crippen molar-refractivity contribution in [1.82, 2.24) is 0 Å². The second-order valence-corrected chi connectivity index (χ2v) is 6.78. The molecule has 3 aromatic carbocycles. The summed E-state index contributed by atoms with van der Waals surface area (Å²) in [7, 11) is -0.829. The lowest BCUT2D eigenvalue weighted by molar-refractivity contribution is 0.569. The van der Waals surface area contributed by atoms with Crippen LogP contribution < -0.4 is 10.6 Å². The minimum absolute atomic E-state index is 0.829. The van der Waals surface area contributed by atoms with Crippen LogP contribution in [0.1, 0.15) is 5.56 Å². The van der Waals surface area contributed by atoms with E-state index in [2.05, 4.69) is 19.1 Å². The minimum atomic E-state index is -0.829. The van der Waals surface area contributed by atoms with Crippen molar-refractivity contribution in [2.75, 3.05) is 0 Å². The maximum Gasteiger partial charge on any atom is 0.150 e. The average molecular weight is 306 g/mol. The van der Waals surface area contributed by atoms with E-state index in [4.69, 9.17) is 0 Å². The Morgan fingerprint density at radius 1 is 0.636 bits per heavy atom. The molecule has 0 amide bonds. The van der Waals surface area contributed by atoms with Gasteiger partial charge in [-0.05, 0) is 17.5 Å². The van der Waals surface area contributed by atoms with Crippen LogP contribution in [0.3, 0.4) is 0 Å². The molecule has 0 aromatic heterocycles. The molecule has 0 N–H and O–H groups in total. The highest BCUT2D eigenvalue weighted by Gasteiger charge is 2.10. The van der Waals surface area contributed by atoms with E-state index in [-0.39, 0.29) is 0 Å². The molecule has 22 heavy (non-hydrogen) atoms. The fourth-order valence-corrected chi connectivity index (χ4v) is 3.51. The van der Waals surface area contributed by atoms with Crippen LogP contribution in [0.15, 0.2) is 91.0 Å². The first-order chi connectivity index (χ1) is 10.8. The van der Waals surface area contributed by atoms with Crippen LogP contribution in [0.5, 0.6) is 0 Å². The van der Waals surface area contributed by atoms with E-state index in [0.29, 0.717) is 0 Å². The van der Waals surface area contributed by atoms with Crippen LogP contribution in [-0.2, 0) is 4.79 Å². The van der Waals surface area contributed by atoms with Gasteiger partial charge < -0.3 is 0 Å². The molecular weight excluding hydrogens is 287 g/mol. The molecule has 0 radical (unpaired) electrons. The van der Waals surface area contributed by atoms with Gasteiger partial charge in [0.1, 0.15) is 0 Å². The number of carbonyl (C=O) groups excluding carboxylic acids is 1. The molecule has 0 heterocycles. The zero-order chi connectivity index (χ0) is 15.6. The summed E-state index contributed by atoms with van der Waals surface area (Å²) in [5.74, 6) is 0. The third-order valence-electron chi connectivity index (χ3n) is 3.11. The van der Waals surface area contributed by atoms with Gasteiger partial charge in [-0.25, -0.2) is 0 Å². The zero-order valence-corrected chi connectivity index (χ0v) is 13.5. The standard InChI is InChI=1S/C13H11OP.C7H8/c14-11-15(12-7-3-1-4-8-12)13-9-5-2-6-10-13;1-7-5-3-2-4-6-7/h1-11H;2-6H,1H3. The van der Waals surface area contributed by atoms with Gasteiger partial charge in [-0.1, -0.05) is 96.6 Å².